The Morgan fingerprint density at radius 1 is 1.10 bits per heavy atom. The third-order valence-electron chi connectivity index (χ3n) is 6.06. The summed E-state index contributed by atoms with van der Waals surface area (Å²) in [5, 5.41) is 17.1. The number of thiophene rings is 1. The van der Waals surface area contributed by atoms with E-state index in [0.29, 0.717) is 5.92 Å². The highest BCUT2D eigenvalue weighted by Gasteiger charge is 2.24. The van der Waals surface area contributed by atoms with Crippen LogP contribution < -0.4 is 0 Å². The van der Waals surface area contributed by atoms with Gasteiger partial charge in [0.25, 0.3) is 0 Å². The molecule has 0 saturated carbocycles. The highest BCUT2D eigenvalue weighted by atomic mass is 32.1. The predicted molar refractivity (Wildman–Crippen MR) is 115 cm³/mol. The molecule has 0 radical (unpaired) electrons. The number of halogens is 1. The third kappa shape index (κ3) is 6.12. The zero-order chi connectivity index (χ0) is 21.5. The first kappa shape index (κ1) is 22.4. The van der Waals surface area contributed by atoms with Crippen molar-refractivity contribution >= 4 is 23.3 Å². The number of rotatable bonds is 4. The van der Waals surface area contributed by atoms with Crippen LogP contribution in [0.15, 0.2) is 35.7 Å². The highest BCUT2D eigenvalue weighted by molar-refractivity contribution is 7.10. The molecule has 30 heavy (non-hydrogen) atoms. The van der Waals surface area contributed by atoms with Crippen LogP contribution >= 0.6 is 11.3 Å². The Morgan fingerprint density at radius 2 is 1.83 bits per heavy atom. The summed E-state index contributed by atoms with van der Waals surface area (Å²) in [6.07, 6.45) is 7.65. The van der Waals surface area contributed by atoms with Crippen LogP contribution in [0.3, 0.4) is 0 Å². The van der Waals surface area contributed by atoms with Crippen LogP contribution in [0.4, 0.5) is 4.39 Å². The Bertz CT molecular complexity index is 848. The van der Waals surface area contributed by atoms with Gasteiger partial charge < -0.3 is 15.1 Å². The lowest BCUT2D eigenvalue weighted by Crippen LogP contribution is -2.34. The number of fused-ring (bicyclic) bond motifs is 1. The topological polar surface area (TPSA) is 77.8 Å². The van der Waals surface area contributed by atoms with Crippen molar-refractivity contribution < 1.29 is 24.2 Å². The van der Waals surface area contributed by atoms with Gasteiger partial charge in [0.05, 0.1) is 0 Å². The van der Waals surface area contributed by atoms with Crippen LogP contribution in [0, 0.1) is 5.82 Å². The van der Waals surface area contributed by atoms with E-state index in [2.05, 4.69) is 22.4 Å². The summed E-state index contributed by atoms with van der Waals surface area (Å²) in [5.74, 6) is -2.43. The number of carbonyl (C=O) groups is 2. The molecule has 1 aliphatic carbocycles. The van der Waals surface area contributed by atoms with E-state index >= 15 is 0 Å². The van der Waals surface area contributed by atoms with E-state index in [-0.39, 0.29) is 5.82 Å². The van der Waals surface area contributed by atoms with E-state index < -0.39 is 11.9 Å². The molecule has 5 nitrogen and oxygen atoms in total. The summed E-state index contributed by atoms with van der Waals surface area (Å²) in [6.45, 7) is 3.53. The molecule has 1 aliphatic heterocycles. The number of aryl methyl sites for hydroxylation is 1. The summed E-state index contributed by atoms with van der Waals surface area (Å²) in [4.78, 5) is 22.5. The zero-order valence-electron chi connectivity index (χ0n) is 16.9. The molecular weight excluding hydrogens is 405 g/mol. The number of nitrogens with zero attached hydrogens (tertiary/aromatic N) is 1. The maximum absolute atomic E-state index is 13.4. The molecule has 2 N–H and O–H groups in total. The van der Waals surface area contributed by atoms with Crippen molar-refractivity contribution in [2.75, 3.05) is 19.6 Å². The van der Waals surface area contributed by atoms with Crippen molar-refractivity contribution in [3.8, 4) is 0 Å². The summed E-state index contributed by atoms with van der Waals surface area (Å²) in [5.41, 5.74) is 2.82. The number of hydrogen-bond donors (Lipinski definition) is 2. The van der Waals surface area contributed by atoms with E-state index in [9.17, 15) is 4.39 Å². The fraction of sp³-hybridized carbons (Fsp3) is 0.478. The maximum atomic E-state index is 13.4. The molecule has 2 aliphatic rings. The van der Waals surface area contributed by atoms with Gasteiger partial charge in [-0.1, -0.05) is 12.1 Å². The molecule has 2 heterocycles. The van der Waals surface area contributed by atoms with Gasteiger partial charge in [0, 0.05) is 4.88 Å². The molecule has 1 fully saturated rings. The monoisotopic (exact) mass is 433 g/mol. The lowest BCUT2D eigenvalue weighted by atomic mass is 9.85. The van der Waals surface area contributed by atoms with Crippen LogP contribution in [-0.2, 0) is 16.0 Å². The van der Waals surface area contributed by atoms with Crippen LogP contribution in [0.5, 0.6) is 0 Å². The van der Waals surface area contributed by atoms with Crippen molar-refractivity contribution in [1.29, 1.82) is 0 Å². The lowest BCUT2D eigenvalue weighted by Gasteiger charge is -2.33. The second-order valence-corrected chi connectivity index (χ2v) is 8.96. The fourth-order valence-corrected chi connectivity index (χ4v) is 5.48. The van der Waals surface area contributed by atoms with Crippen LogP contribution in [-0.4, -0.2) is 46.7 Å². The summed E-state index contributed by atoms with van der Waals surface area (Å²) < 4.78 is 13.4. The largest absolute Gasteiger partial charge is 0.473 e. The highest BCUT2D eigenvalue weighted by Crippen LogP contribution is 2.37. The number of piperidine rings is 1. The average molecular weight is 434 g/mol. The molecule has 1 saturated heterocycles. The molecule has 0 amide bonds. The smallest absolute Gasteiger partial charge is 0.414 e. The summed E-state index contributed by atoms with van der Waals surface area (Å²) >= 11 is 1.95. The second-order valence-electron chi connectivity index (χ2n) is 7.96. The minimum atomic E-state index is -1.82. The van der Waals surface area contributed by atoms with Crippen molar-refractivity contribution in [3.63, 3.8) is 0 Å². The molecule has 2 aromatic rings. The Hall–Kier alpha value is -2.25. The van der Waals surface area contributed by atoms with Crippen molar-refractivity contribution in [2.24, 2.45) is 0 Å². The Labute approximate surface area is 180 Å². The third-order valence-corrected chi connectivity index (χ3v) is 7.06. The van der Waals surface area contributed by atoms with E-state index in [1.54, 1.807) is 22.6 Å². The van der Waals surface area contributed by atoms with Crippen molar-refractivity contribution in [1.82, 2.24) is 4.90 Å². The number of benzene rings is 1. The van der Waals surface area contributed by atoms with Crippen LogP contribution in [0.2, 0.25) is 0 Å². The van der Waals surface area contributed by atoms with Gasteiger partial charge in [0.2, 0.25) is 0 Å². The van der Waals surface area contributed by atoms with Gasteiger partial charge in [-0.2, -0.15) is 0 Å². The normalized spacial score (nSPS) is 19.4. The first-order chi connectivity index (χ1) is 14.4. The van der Waals surface area contributed by atoms with E-state index in [1.807, 2.05) is 17.4 Å². The first-order valence-electron chi connectivity index (χ1n) is 10.4. The van der Waals surface area contributed by atoms with Gasteiger partial charge in [-0.15, -0.1) is 11.3 Å². The van der Waals surface area contributed by atoms with Crippen LogP contribution in [0.25, 0.3) is 0 Å². The number of carboxylic acids is 2. The minimum absolute atomic E-state index is 0.0983. The summed E-state index contributed by atoms with van der Waals surface area (Å²) in [7, 11) is 0. The zero-order valence-corrected chi connectivity index (χ0v) is 17.7. The summed E-state index contributed by atoms with van der Waals surface area (Å²) in [6, 6.07) is 9.56. The maximum Gasteiger partial charge on any atom is 0.414 e. The molecule has 1 aromatic heterocycles. The molecule has 1 atom stereocenters. The van der Waals surface area contributed by atoms with Gasteiger partial charge in [-0.25, -0.2) is 14.0 Å². The predicted octanol–water partition coefficient (Wildman–Crippen LogP) is 4.73. The number of carboxylic acid groups (broad SMARTS) is 2. The van der Waals surface area contributed by atoms with Gasteiger partial charge in [0.1, 0.15) is 5.82 Å². The van der Waals surface area contributed by atoms with E-state index in [0.717, 1.165) is 31.8 Å². The van der Waals surface area contributed by atoms with Crippen molar-refractivity contribution in [3.05, 3.63) is 57.5 Å². The Balaban J connectivity index is 0.000000377. The molecule has 0 spiro atoms. The van der Waals surface area contributed by atoms with E-state index in [4.69, 9.17) is 19.8 Å². The molecule has 7 heteroatoms. The molecule has 162 valence electrons. The minimum Gasteiger partial charge on any atom is -0.473 e. The second kappa shape index (κ2) is 10.7. The standard InChI is InChI=1S/C21H26FNS.C2H2O4/c22-19-5-1-4-18(15-19)16-7-11-23(12-8-16)13-9-17-3-2-6-21-20(17)10-14-24-21;3-1(4)2(5)6/h1,4-5,10,14-17H,2-3,6-9,11-13H2;(H,3,4)(H,5,6). The Kier molecular flexibility index (Phi) is 7.99. The number of likely N-dealkylation sites (tertiary alicyclic amines) is 1. The molecule has 1 aromatic carbocycles. The van der Waals surface area contributed by atoms with Crippen LogP contribution in [0.1, 0.15) is 59.9 Å². The molecular formula is C23H28FNO4S. The molecule has 0 bridgehead atoms. The lowest BCUT2D eigenvalue weighted by molar-refractivity contribution is -0.159. The first-order valence-corrected chi connectivity index (χ1v) is 11.3. The van der Waals surface area contributed by atoms with E-state index in [1.165, 1.54) is 37.8 Å². The number of hydrogen-bond acceptors (Lipinski definition) is 4. The number of aliphatic carboxylic acids is 2. The van der Waals surface area contributed by atoms with Gasteiger partial charge in [0.15, 0.2) is 0 Å². The average Bonchev–Trinajstić information content (AvgIpc) is 3.22. The fourth-order valence-electron chi connectivity index (χ4n) is 4.47. The quantitative estimate of drug-likeness (QED) is 0.682. The SMILES string of the molecule is Fc1cccc(C2CCN(CCC3CCCc4sccc43)CC2)c1.O=C(O)C(=O)O. The van der Waals surface area contributed by atoms with Gasteiger partial charge in [-0.3, -0.25) is 0 Å². The Morgan fingerprint density at radius 3 is 2.50 bits per heavy atom. The van der Waals surface area contributed by atoms with Crippen molar-refractivity contribution in [2.45, 2.75) is 50.4 Å². The molecule has 4 rings (SSSR count). The van der Waals surface area contributed by atoms with Gasteiger partial charge >= 0.3 is 11.9 Å². The molecule has 1 unspecified atom stereocenters. The van der Waals surface area contributed by atoms with Gasteiger partial charge in [-0.05, 0) is 105 Å².